The van der Waals surface area contributed by atoms with Gasteiger partial charge < -0.3 is 5.11 Å². The number of carboxylic acid groups (broad SMARTS) is 1. The molecule has 22 heavy (non-hydrogen) atoms. The van der Waals surface area contributed by atoms with Crippen molar-refractivity contribution in [3.63, 3.8) is 0 Å². The molecule has 10 heteroatoms. The summed E-state index contributed by atoms with van der Waals surface area (Å²) < 4.78 is 62.9. The highest BCUT2D eigenvalue weighted by molar-refractivity contribution is 7.89. The molecule has 0 fully saturated rings. The van der Waals surface area contributed by atoms with E-state index >= 15 is 0 Å². The van der Waals surface area contributed by atoms with Crippen LogP contribution in [0.1, 0.15) is 18.1 Å². The van der Waals surface area contributed by atoms with E-state index in [4.69, 9.17) is 10.4 Å². The van der Waals surface area contributed by atoms with Crippen LogP contribution in [-0.4, -0.2) is 36.9 Å². The highest BCUT2D eigenvalue weighted by Gasteiger charge is 2.35. The molecule has 0 saturated carbocycles. The molecule has 120 valence electrons. The summed E-state index contributed by atoms with van der Waals surface area (Å²) in [4.78, 5) is 10.2. The third-order valence-electron chi connectivity index (χ3n) is 3.00. The molecule has 1 aromatic rings. The number of sulfonamides is 1. The minimum absolute atomic E-state index is 0.477. The zero-order chi connectivity index (χ0) is 17.3. The van der Waals surface area contributed by atoms with Gasteiger partial charge in [0.15, 0.2) is 0 Å². The number of halogens is 3. The zero-order valence-electron chi connectivity index (χ0n) is 11.4. The largest absolute Gasteiger partial charge is 0.480 e. The summed E-state index contributed by atoms with van der Waals surface area (Å²) in [5.74, 6) is -1.42. The SMILES string of the molecule is CC(C(=O)O)N(C)S(=O)(=O)c1ccc(C(F)(F)F)c(C#N)c1. The van der Waals surface area contributed by atoms with E-state index in [1.54, 1.807) is 0 Å². The normalized spacial score (nSPS) is 13.7. The Hall–Kier alpha value is -2.12. The number of hydrogen-bond acceptors (Lipinski definition) is 4. The summed E-state index contributed by atoms with van der Waals surface area (Å²) in [6.45, 7) is 1.11. The van der Waals surface area contributed by atoms with Gasteiger partial charge in [0, 0.05) is 7.05 Å². The first kappa shape index (κ1) is 17.9. The Morgan fingerprint density at radius 1 is 1.41 bits per heavy atom. The first-order chi connectivity index (χ1) is 9.92. The van der Waals surface area contributed by atoms with Gasteiger partial charge in [-0.3, -0.25) is 4.79 Å². The first-order valence-electron chi connectivity index (χ1n) is 5.75. The van der Waals surface area contributed by atoms with E-state index < -0.39 is 44.2 Å². The molecule has 0 aliphatic heterocycles. The number of nitriles is 1. The van der Waals surface area contributed by atoms with Crippen molar-refractivity contribution in [3.8, 4) is 6.07 Å². The summed E-state index contributed by atoms with van der Waals surface area (Å²) in [6, 6.07) is 1.60. The number of nitrogens with zero attached hydrogens (tertiary/aromatic N) is 2. The van der Waals surface area contributed by atoms with Crippen molar-refractivity contribution < 1.29 is 31.5 Å². The number of carboxylic acids is 1. The fourth-order valence-electron chi connectivity index (χ4n) is 1.55. The molecule has 1 aromatic carbocycles. The lowest BCUT2D eigenvalue weighted by Gasteiger charge is -2.21. The number of aliphatic carboxylic acids is 1. The highest BCUT2D eigenvalue weighted by Crippen LogP contribution is 2.33. The van der Waals surface area contributed by atoms with Gasteiger partial charge in [-0.05, 0) is 25.1 Å². The van der Waals surface area contributed by atoms with Crippen LogP contribution in [0, 0.1) is 11.3 Å². The Balaban J connectivity index is 3.40. The van der Waals surface area contributed by atoms with Crippen molar-refractivity contribution in [2.45, 2.75) is 24.0 Å². The standard InChI is InChI=1S/C12H11F3N2O4S/c1-7(11(18)19)17(2)22(20,21)9-3-4-10(12(13,14)15)8(5-9)6-16/h3-5,7H,1-2H3,(H,18,19). The highest BCUT2D eigenvalue weighted by atomic mass is 32.2. The second-order valence-electron chi connectivity index (χ2n) is 4.35. The van der Waals surface area contributed by atoms with E-state index in [1.807, 2.05) is 0 Å². The maximum Gasteiger partial charge on any atom is 0.417 e. The Kier molecular flexibility index (Phi) is 4.84. The van der Waals surface area contributed by atoms with Gasteiger partial charge in [0.25, 0.3) is 0 Å². The van der Waals surface area contributed by atoms with Crippen LogP contribution in [0.25, 0.3) is 0 Å². The van der Waals surface area contributed by atoms with Crippen LogP contribution < -0.4 is 0 Å². The quantitative estimate of drug-likeness (QED) is 0.902. The topological polar surface area (TPSA) is 98.5 Å². The van der Waals surface area contributed by atoms with Crippen molar-refractivity contribution in [1.29, 1.82) is 5.26 Å². The molecule has 1 N–H and O–H groups in total. The fourth-order valence-corrected chi connectivity index (χ4v) is 2.90. The predicted octanol–water partition coefficient (Wildman–Crippen LogP) is 1.67. The number of alkyl halides is 3. The summed E-state index contributed by atoms with van der Waals surface area (Å²) >= 11 is 0. The number of hydrogen-bond donors (Lipinski definition) is 1. The van der Waals surface area contributed by atoms with Gasteiger partial charge in [-0.15, -0.1) is 0 Å². The van der Waals surface area contributed by atoms with Crippen molar-refractivity contribution in [1.82, 2.24) is 4.31 Å². The second kappa shape index (κ2) is 5.94. The van der Waals surface area contributed by atoms with Gasteiger partial charge in [-0.25, -0.2) is 8.42 Å². The van der Waals surface area contributed by atoms with E-state index in [-0.39, 0.29) is 0 Å². The molecule has 0 heterocycles. The molecule has 0 bridgehead atoms. The molecule has 0 spiro atoms. The van der Waals surface area contributed by atoms with Gasteiger partial charge in [-0.1, -0.05) is 0 Å². The Morgan fingerprint density at radius 3 is 2.36 bits per heavy atom. The molecule has 6 nitrogen and oxygen atoms in total. The van der Waals surface area contributed by atoms with Crippen molar-refractivity contribution >= 4 is 16.0 Å². The maximum absolute atomic E-state index is 12.7. The molecule has 1 unspecified atom stereocenters. The molecule has 0 aliphatic carbocycles. The van der Waals surface area contributed by atoms with Crippen LogP contribution in [-0.2, 0) is 21.0 Å². The Labute approximate surface area is 124 Å². The Morgan fingerprint density at radius 2 is 1.95 bits per heavy atom. The minimum Gasteiger partial charge on any atom is -0.480 e. The average Bonchev–Trinajstić information content (AvgIpc) is 2.43. The van der Waals surface area contributed by atoms with Gasteiger partial charge >= 0.3 is 12.1 Å². The van der Waals surface area contributed by atoms with Crippen LogP contribution in [0.2, 0.25) is 0 Å². The number of rotatable bonds is 4. The summed E-state index contributed by atoms with van der Waals surface area (Å²) in [5.41, 5.74) is -2.12. The smallest absolute Gasteiger partial charge is 0.417 e. The van der Waals surface area contributed by atoms with E-state index in [9.17, 15) is 26.4 Å². The van der Waals surface area contributed by atoms with Crippen LogP contribution >= 0.6 is 0 Å². The zero-order valence-corrected chi connectivity index (χ0v) is 12.2. The molecule has 0 aliphatic rings. The van der Waals surface area contributed by atoms with E-state index in [1.165, 1.54) is 6.07 Å². The monoisotopic (exact) mass is 336 g/mol. The van der Waals surface area contributed by atoms with Crippen LogP contribution in [0.5, 0.6) is 0 Å². The molecule has 1 atom stereocenters. The van der Waals surface area contributed by atoms with Gasteiger partial charge in [0.2, 0.25) is 10.0 Å². The lowest BCUT2D eigenvalue weighted by Crippen LogP contribution is -2.40. The fraction of sp³-hybridized carbons (Fsp3) is 0.333. The van der Waals surface area contributed by atoms with E-state index in [0.717, 1.165) is 14.0 Å². The van der Waals surface area contributed by atoms with Crippen LogP contribution in [0.15, 0.2) is 23.1 Å². The second-order valence-corrected chi connectivity index (χ2v) is 6.35. The van der Waals surface area contributed by atoms with Crippen molar-refractivity contribution in [2.75, 3.05) is 7.05 Å². The molecule has 0 radical (unpaired) electrons. The third-order valence-corrected chi connectivity index (χ3v) is 4.92. The third kappa shape index (κ3) is 3.37. The number of benzene rings is 1. The summed E-state index contributed by atoms with van der Waals surface area (Å²) in [7, 11) is -3.36. The number of carbonyl (C=O) groups is 1. The maximum atomic E-state index is 12.7. The summed E-state index contributed by atoms with van der Waals surface area (Å²) in [6.07, 6.45) is -4.80. The van der Waals surface area contributed by atoms with Gasteiger partial charge in [-0.2, -0.15) is 22.7 Å². The molecule has 0 amide bonds. The summed E-state index contributed by atoms with van der Waals surface area (Å²) in [5, 5.41) is 17.6. The molecule has 0 saturated heterocycles. The minimum atomic E-state index is -4.80. The Bertz CT molecular complexity index is 738. The lowest BCUT2D eigenvalue weighted by molar-refractivity contribution is -0.140. The predicted molar refractivity (Wildman–Crippen MR) is 68.2 cm³/mol. The first-order valence-corrected chi connectivity index (χ1v) is 7.19. The molecular formula is C12H11F3N2O4S. The van der Waals surface area contributed by atoms with Crippen LogP contribution in [0.4, 0.5) is 13.2 Å². The van der Waals surface area contributed by atoms with E-state index in [0.29, 0.717) is 22.5 Å². The molecule has 0 aromatic heterocycles. The van der Waals surface area contributed by atoms with Gasteiger partial charge in [0.05, 0.1) is 22.1 Å². The lowest BCUT2D eigenvalue weighted by atomic mass is 10.1. The van der Waals surface area contributed by atoms with Crippen molar-refractivity contribution in [3.05, 3.63) is 29.3 Å². The van der Waals surface area contributed by atoms with Crippen LogP contribution in [0.3, 0.4) is 0 Å². The van der Waals surface area contributed by atoms with Crippen molar-refractivity contribution in [2.24, 2.45) is 0 Å². The molecule has 1 rings (SSSR count). The van der Waals surface area contributed by atoms with E-state index in [2.05, 4.69) is 0 Å². The average molecular weight is 336 g/mol. The molecular weight excluding hydrogens is 325 g/mol. The number of likely N-dealkylation sites (N-methyl/N-ethyl adjacent to an activating group) is 1. The van der Waals surface area contributed by atoms with Gasteiger partial charge in [0.1, 0.15) is 6.04 Å².